The van der Waals surface area contributed by atoms with Crippen LogP contribution in [-0.2, 0) is 4.79 Å². The summed E-state index contributed by atoms with van der Waals surface area (Å²) in [6.07, 6.45) is 0.455. The van der Waals surface area contributed by atoms with E-state index in [-0.39, 0.29) is 11.7 Å². The number of carbonyl (C=O) groups is 1. The fourth-order valence-electron chi connectivity index (χ4n) is 1.86. The van der Waals surface area contributed by atoms with Gasteiger partial charge in [-0.05, 0) is 18.2 Å². The van der Waals surface area contributed by atoms with Crippen LogP contribution in [0.4, 0.5) is 10.1 Å². The van der Waals surface area contributed by atoms with E-state index < -0.39 is 0 Å². The van der Waals surface area contributed by atoms with Crippen molar-refractivity contribution in [3.05, 3.63) is 30.1 Å². The molecule has 0 radical (unpaired) electrons. The first kappa shape index (κ1) is 11.0. The minimum Gasteiger partial charge on any atom is -0.329 e. The Morgan fingerprint density at radius 1 is 1.44 bits per heavy atom. The van der Waals surface area contributed by atoms with Crippen molar-refractivity contribution in [3.63, 3.8) is 0 Å². The maximum Gasteiger partial charge on any atom is 0.242 e. The number of hydrazine groups is 1. The third kappa shape index (κ3) is 2.05. The zero-order valence-electron chi connectivity index (χ0n) is 8.90. The van der Waals surface area contributed by atoms with Gasteiger partial charge < -0.3 is 5.73 Å². The first-order chi connectivity index (χ1) is 7.72. The summed E-state index contributed by atoms with van der Waals surface area (Å²) < 4.78 is 13.1. The monoisotopic (exact) mass is 223 g/mol. The molecule has 0 aliphatic carbocycles. The molecule has 4 nitrogen and oxygen atoms in total. The molecule has 2 rings (SSSR count). The van der Waals surface area contributed by atoms with Crippen LogP contribution in [0.2, 0.25) is 0 Å². The van der Waals surface area contributed by atoms with Crippen molar-refractivity contribution < 1.29 is 9.18 Å². The number of rotatable bonds is 3. The molecule has 16 heavy (non-hydrogen) atoms. The van der Waals surface area contributed by atoms with Gasteiger partial charge in [-0.15, -0.1) is 0 Å². The Labute approximate surface area is 93.4 Å². The lowest BCUT2D eigenvalue weighted by Gasteiger charge is -2.27. The largest absolute Gasteiger partial charge is 0.329 e. The van der Waals surface area contributed by atoms with Crippen molar-refractivity contribution in [2.24, 2.45) is 5.73 Å². The molecule has 2 N–H and O–H groups in total. The molecule has 86 valence electrons. The fourth-order valence-corrected chi connectivity index (χ4v) is 1.86. The molecule has 0 atom stereocenters. The van der Waals surface area contributed by atoms with Gasteiger partial charge in [0.15, 0.2) is 0 Å². The third-order valence-corrected chi connectivity index (χ3v) is 2.54. The molecule has 1 aliphatic heterocycles. The smallest absolute Gasteiger partial charge is 0.242 e. The molecule has 5 heteroatoms. The van der Waals surface area contributed by atoms with Crippen molar-refractivity contribution in [1.29, 1.82) is 0 Å². The highest BCUT2D eigenvalue weighted by atomic mass is 19.1. The fraction of sp³-hybridized carbons (Fsp3) is 0.364. The summed E-state index contributed by atoms with van der Waals surface area (Å²) in [5, 5.41) is 3.35. The number of hydrogen-bond acceptors (Lipinski definition) is 3. The van der Waals surface area contributed by atoms with E-state index in [9.17, 15) is 9.18 Å². The minimum atomic E-state index is -0.343. The van der Waals surface area contributed by atoms with E-state index in [1.54, 1.807) is 12.1 Å². The summed E-state index contributed by atoms with van der Waals surface area (Å²) >= 11 is 0. The summed E-state index contributed by atoms with van der Waals surface area (Å²) in [5.41, 5.74) is 6.04. The molecule has 0 aromatic heterocycles. The Kier molecular flexibility index (Phi) is 3.17. The first-order valence-corrected chi connectivity index (χ1v) is 5.26. The lowest BCUT2D eigenvalue weighted by Crippen LogP contribution is -2.41. The van der Waals surface area contributed by atoms with Crippen molar-refractivity contribution >= 4 is 11.6 Å². The van der Waals surface area contributed by atoms with Crippen LogP contribution >= 0.6 is 0 Å². The SMILES string of the molecule is NCCN1CCC(=O)N1c1cccc(F)c1. The lowest BCUT2D eigenvalue weighted by atomic mass is 10.3. The molecule has 0 saturated carbocycles. The highest BCUT2D eigenvalue weighted by Crippen LogP contribution is 2.22. The Hall–Kier alpha value is -1.46. The summed E-state index contributed by atoms with van der Waals surface area (Å²) in [7, 11) is 0. The number of anilines is 1. The molecule has 1 heterocycles. The van der Waals surface area contributed by atoms with E-state index in [2.05, 4.69) is 0 Å². The highest BCUT2D eigenvalue weighted by molar-refractivity contribution is 5.94. The van der Waals surface area contributed by atoms with Gasteiger partial charge in [-0.2, -0.15) is 0 Å². The normalized spacial score (nSPS) is 17.1. The molecule has 1 fully saturated rings. The van der Waals surface area contributed by atoms with Gasteiger partial charge in [-0.25, -0.2) is 14.4 Å². The Bertz CT molecular complexity index is 397. The van der Waals surface area contributed by atoms with Crippen LogP contribution in [0, 0.1) is 5.82 Å². The molecule has 0 unspecified atom stereocenters. The van der Waals surface area contributed by atoms with Crippen LogP contribution in [0.15, 0.2) is 24.3 Å². The summed E-state index contributed by atoms with van der Waals surface area (Å²) in [6, 6.07) is 6.02. The zero-order valence-corrected chi connectivity index (χ0v) is 8.90. The summed E-state index contributed by atoms with van der Waals surface area (Å²) in [5.74, 6) is -0.357. The van der Waals surface area contributed by atoms with Crippen LogP contribution < -0.4 is 10.7 Å². The van der Waals surface area contributed by atoms with Crippen molar-refractivity contribution in [3.8, 4) is 0 Å². The predicted molar refractivity (Wildman–Crippen MR) is 59.1 cm³/mol. The van der Waals surface area contributed by atoms with Crippen molar-refractivity contribution in [1.82, 2.24) is 5.01 Å². The van der Waals surface area contributed by atoms with Gasteiger partial charge >= 0.3 is 0 Å². The highest BCUT2D eigenvalue weighted by Gasteiger charge is 2.29. The van der Waals surface area contributed by atoms with Crippen LogP contribution in [0.5, 0.6) is 0 Å². The molecule has 1 saturated heterocycles. The van der Waals surface area contributed by atoms with E-state index >= 15 is 0 Å². The van der Waals surface area contributed by atoms with Gasteiger partial charge in [-0.1, -0.05) is 6.07 Å². The average Bonchev–Trinajstić information content (AvgIpc) is 2.60. The number of nitrogens with two attached hydrogens (primary N) is 1. The number of hydrogen-bond donors (Lipinski definition) is 1. The maximum absolute atomic E-state index is 13.1. The number of amides is 1. The minimum absolute atomic E-state index is 0.0148. The van der Waals surface area contributed by atoms with Gasteiger partial charge in [0.25, 0.3) is 0 Å². The molecular formula is C11H14FN3O. The third-order valence-electron chi connectivity index (χ3n) is 2.54. The lowest BCUT2D eigenvalue weighted by molar-refractivity contribution is -0.118. The van der Waals surface area contributed by atoms with Crippen LogP contribution in [0.1, 0.15) is 6.42 Å². The Balaban J connectivity index is 2.26. The van der Waals surface area contributed by atoms with Crippen LogP contribution in [0.25, 0.3) is 0 Å². The van der Waals surface area contributed by atoms with Gasteiger partial charge in [0.1, 0.15) is 5.82 Å². The summed E-state index contributed by atoms with van der Waals surface area (Å²) in [6.45, 7) is 1.72. The Morgan fingerprint density at radius 3 is 2.94 bits per heavy atom. The molecule has 1 aliphatic rings. The topological polar surface area (TPSA) is 49.6 Å². The van der Waals surface area contributed by atoms with Gasteiger partial charge in [0, 0.05) is 26.1 Å². The first-order valence-electron chi connectivity index (χ1n) is 5.26. The number of nitrogens with zero attached hydrogens (tertiary/aromatic N) is 2. The molecule has 1 aromatic rings. The Morgan fingerprint density at radius 2 is 2.25 bits per heavy atom. The van der Waals surface area contributed by atoms with Crippen molar-refractivity contribution in [2.45, 2.75) is 6.42 Å². The van der Waals surface area contributed by atoms with Crippen LogP contribution in [0.3, 0.4) is 0 Å². The molecule has 0 spiro atoms. The van der Waals surface area contributed by atoms with Crippen molar-refractivity contribution in [2.75, 3.05) is 24.6 Å². The second-order valence-electron chi connectivity index (χ2n) is 3.68. The molecule has 0 bridgehead atoms. The standard InChI is InChI=1S/C11H14FN3O/c12-9-2-1-3-10(8-9)15-11(16)4-6-14(15)7-5-13/h1-3,8H,4-7,13H2. The number of benzene rings is 1. The second kappa shape index (κ2) is 4.59. The number of halogens is 1. The number of carbonyl (C=O) groups excluding carboxylic acids is 1. The quantitative estimate of drug-likeness (QED) is 0.822. The van der Waals surface area contributed by atoms with Crippen LogP contribution in [-0.4, -0.2) is 30.6 Å². The molecular weight excluding hydrogens is 209 g/mol. The zero-order chi connectivity index (χ0) is 11.5. The van der Waals surface area contributed by atoms with E-state index in [0.717, 1.165) is 0 Å². The summed E-state index contributed by atoms with van der Waals surface area (Å²) in [4.78, 5) is 11.7. The molecule has 1 amide bonds. The van der Waals surface area contributed by atoms with E-state index in [0.29, 0.717) is 31.7 Å². The maximum atomic E-state index is 13.1. The van der Waals surface area contributed by atoms with Gasteiger partial charge in [0.2, 0.25) is 5.91 Å². The van der Waals surface area contributed by atoms with Gasteiger partial charge in [-0.3, -0.25) is 4.79 Å². The predicted octanol–water partition coefficient (Wildman–Crippen LogP) is 0.738. The van der Waals surface area contributed by atoms with E-state index in [4.69, 9.17) is 5.73 Å². The van der Waals surface area contributed by atoms with Gasteiger partial charge in [0.05, 0.1) is 5.69 Å². The van der Waals surface area contributed by atoms with E-state index in [1.807, 2.05) is 5.01 Å². The average molecular weight is 223 g/mol. The van der Waals surface area contributed by atoms with E-state index in [1.165, 1.54) is 17.1 Å². The molecule has 1 aromatic carbocycles. The second-order valence-corrected chi connectivity index (χ2v) is 3.68.